The van der Waals surface area contributed by atoms with E-state index in [4.69, 9.17) is 14.2 Å². The normalized spacial score (nSPS) is 30.2. The number of methoxy groups -OCH3 is 3. The molecule has 1 N–H and O–H groups in total. The van der Waals surface area contributed by atoms with Gasteiger partial charge in [-0.3, -0.25) is 4.79 Å². The van der Waals surface area contributed by atoms with Gasteiger partial charge in [-0.15, -0.1) is 0 Å². The van der Waals surface area contributed by atoms with Crippen LogP contribution >= 0.6 is 0 Å². The molecule has 29 heavy (non-hydrogen) atoms. The fourth-order valence-electron chi connectivity index (χ4n) is 6.51. The molecule has 4 fully saturated rings. The fourth-order valence-corrected chi connectivity index (χ4v) is 6.51. The highest BCUT2D eigenvalue weighted by Crippen LogP contribution is 2.61. The van der Waals surface area contributed by atoms with Gasteiger partial charge in [0, 0.05) is 11.3 Å². The van der Waals surface area contributed by atoms with Crippen molar-refractivity contribution in [1.82, 2.24) is 5.43 Å². The van der Waals surface area contributed by atoms with E-state index in [-0.39, 0.29) is 5.91 Å². The summed E-state index contributed by atoms with van der Waals surface area (Å²) in [4.78, 5) is 12.7. The SMILES string of the molecule is COc1cc(C(=O)N/N=C(/C)CC23CC4CC(CC(C4)C2)C3)cc(OC)c1OC. The predicted octanol–water partition coefficient (Wildman–Crippen LogP) is 4.42. The summed E-state index contributed by atoms with van der Waals surface area (Å²) in [5, 5.41) is 4.43. The van der Waals surface area contributed by atoms with Crippen LogP contribution in [0, 0.1) is 23.2 Å². The number of hydrogen-bond acceptors (Lipinski definition) is 5. The minimum Gasteiger partial charge on any atom is -0.493 e. The van der Waals surface area contributed by atoms with E-state index in [2.05, 4.69) is 10.5 Å². The number of hydrogen-bond donors (Lipinski definition) is 1. The van der Waals surface area contributed by atoms with Crippen LogP contribution in [0.4, 0.5) is 0 Å². The maximum Gasteiger partial charge on any atom is 0.271 e. The Labute approximate surface area is 173 Å². The van der Waals surface area contributed by atoms with E-state index in [1.807, 2.05) is 6.92 Å². The Morgan fingerprint density at radius 1 is 1.00 bits per heavy atom. The zero-order valence-electron chi connectivity index (χ0n) is 17.9. The molecule has 5 rings (SSSR count). The smallest absolute Gasteiger partial charge is 0.271 e. The van der Waals surface area contributed by atoms with Crippen molar-refractivity contribution in [1.29, 1.82) is 0 Å². The highest BCUT2D eigenvalue weighted by Gasteiger charge is 2.50. The molecule has 6 heteroatoms. The van der Waals surface area contributed by atoms with E-state index in [1.54, 1.807) is 12.1 Å². The van der Waals surface area contributed by atoms with Crippen molar-refractivity contribution in [2.24, 2.45) is 28.3 Å². The van der Waals surface area contributed by atoms with Gasteiger partial charge in [0.2, 0.25) is 5.75 Å². The number of ether oxygens (including phenoxy) is 3. The van der Waals surface area contributed by atoms with Crippen molar-refractivity contribution in [2.45, 2.75) is 51.9 Å². The Hall–Kier alpha value is -2.24. The van der Waals surface area contributed by atoms with Gasteiger partial charge in [-0.1, -0.05) is 0 Å². The predicted molar refractivity (Wildman–Crippen MR) is 112 cm³/mol. The van der Waals surface area contributed by atoms with Gasteiger partial charge in [0.25, 0.3) is 5.91 Å². The van der Waals surface area contributed by atoms with E-state index >= 15 is 0 Å². The van der Waals surface area contributed by atoms with Crippen molar-refractivity contribution in [3.63, 3.8) is 0 Å². The lowest BCUT2D eigenvalue weighted by Crippen LogP contribution is -2.46. The summed E-state index contributed by atoms with van der Waals surface area (Å²) in [6.45, 7) is 2.04. The molecular weight excluding hydrogens is 368 g/mol. The first kappa shape index (κ1) is 20.0. The highest BCUT2D eigenvalue weighted by atomic mass is 16.5. The monoisotopic (exact) mass is 400 g/mol. The summed E-state index contributed by atoms with van der Waals surface area (Å²) in [6, 6.07) is 3.28. The Morgan fingerprint density at radius 2 is 1.52 bits per heavy atom. The molecule has 1 aromatic carbocycles. The van der Waals surface area contributed by atoms with Crippen LogP contribution < -0.4 is 19.6 Å². The van der Waals surface area contributed by atoms with E-state index in [0.29, 0.717) is 28.2 Å². The lowest BCUT2D eigenvalue weighted by atomic mass is 9.48. The molecule has 1 amide bonds. The Morgan fingerprint density at radius 3 is 1.97 bits per heavy atom. The molecule has 0 aromatic heterocycles. The van der Waals surface area contributed by atoms with Gasteiger partial charge < -0.3 is 14.2 Å². The quantitative estimate of drug-likeness (QED) is 0.543. The molecule has 4 saturated carbocycles. The number of hydrazone groups is 1. The van der Waals surface area contributed by atoms with E-state index < -0.39 is 0 Å². The second-order valence-corrected chi connectivity index (χ2v) is 9.30. The maximum absolute atomic E-state index is 12.7. The van der Waals surface area contributed by atoms with Crippen LogP contribution in [-0.4, -0.2) is 32.9 Å². The summed E-state index contributed by atoms with van der Waals surface area (Å²) in [7, 11) is 4.61. The molecule has 0 spiro atoms. The van der Waals surface area contributed by atoms with Gasteiger partial charge in [0.15, 0.2) is 11.5 Å². The molecule has 4 aliphatic rings. The van der Waals surface area contributed by atoms with Gasteiger partial charge in [0.05, 0.1) is 21.3 Å². The topological polar surface area (TPSA) is 69.2 Å². The second-order valence-electron chi connectivity index (χ2n) is 9.30. The van der Waals surface area contributed by atoms with Crippen LogP contribution in [0.25, 0.3) is 0 Å². The zero-order valence-corrected chi connectivity index (χ0v) is 17.9. The zero-order chi connectivity index (χ0) is 20.6. The van der Waals surface area contributed by atoms with Crippen LogP contribution in [0.3, 0.4) is 0 Å². The average molecular weight is 401 g/mol. The molecule has 0 saturated heterocycles. The summed E-state index contributed by atoms with van der Waals surface area (Å²) in [6.07, 6.45) is 9.33. The van der Waals surface area contributed by atoms with Gasteiger partial charge in [-0.25, -0.2) is 5.43 Å². The number of nitrogens with one attached hydrogen (secondary N) is 1. The Bertz CT molecular complexity index is 757. The number of carbonyl (C=O) groups excluding carboxylic acids is 1. The van der Waals surface area contributed by atoms with Crippen LogP contribution in [-0.2, 0) is 0 Å². The standard InChI is InChI=1S/C23H32N2O4/c1-14(10-23-11-15-5-16(12-23)7-17(6-15)13-23)24-25-22(26)18-8-19(27-2)21(29-4)20(9-18)28-3/h8-9,15-17H,5-7,10-13H2,1-4H3,(H,25,26)/b24-14-. The molecule has 0 atom stereocenters. The number of benzene rings is 1. The molecule has 0 radical (unpaired) electrons. The van der Waals surface area contributed by atoms with E-state index in [0.717, 1.165) is 29.9 Å². The molecule has 4 aliphatic carbocycles. The van der Waals surface area contributed by atoms with Gasteiger partial charge in [0.1, 0.15) is 0 Å². The summed E-state index contributed by atoms with van der Waals surface area (Å²) in [5.74, 6) is 3.84. The Balaban J connectivity index is 1.44. The Kier molecular flexibility index (Phi) is 5.45. The summed E-state index contributed by atoms with van der Waals surface area (Å²) < 4.78 is 16.0. The lowest BCUT2D eigenvalue weighted by molar-refractivity contribution is -0.0482. The second kappa shape index (κ2) is 7.88. The summed E-state index contributed by atoms with van der Waals surface area (Å²) >= 11 is 0. The van der Waals surface area contributed by atoms with Crippen LogP contribution in [0.1, 0.15) is 62.2 Å². The number of rotatable bonds is 7. The van der Waals surface area contributed by atoms with E-state index in [1.165, 1.54) is 59.9 Å². The van der Waals surface area contributed by atoms with E-state index in [9.17, 15) is 4.79 Å². The van der Waals surface area contributed by atoms with Crippen molar-refractivity contribution in [3.8, 4) is 17.2 Å². The van der Waals surface area contributed by atoms with Crippen molar-refractivity contribution < 1.29 is 19.0 Å². The first-order valence-corrected chi connectivity index (χ1v) is 10.6. The molecule has 158 valence electrons. The van der Waals surface area contributed by atoms with Gasteiger partial charge >= 0.3 is 0 Å². The third kappa shape index (κ3) is 3.94. The van der Waals surface area contributed by atoms with Gasteiger partial charge in [-0.05, 0) is 87.2 Å². The molecule has 0 aliphatic heterocycles. The first-order chi connectivity index (χ1) is 13.9. The van der Waals surface area contributed by atoms with Crippen LogP contribution in [0.15, 0.2) is 17.2 Å². The molecule has 6 nitrogen and oxygen atoms in total. The van der Waals surface area contributed by atoms with Crippen LogP contribution in [0.2, 0.25) is 0 Å². The third-order valence-corrected chi connectivity index (χ3v) is 7.07. The summed E-state index contributed by atoms with van der Waals surface area (Å²) in [5.41, 5.74) is 4.56. The third-order valence-electron chi connectivity index (χ3n) is 7.07. The van der Waals surface area contributed by atoms with Crippen molar-refractivity contribution in [2.75, 3.05) is 21.3 Å². The largest absolute Gasteiger partial charge is 0.493 e. The number of carbonyl (C=O) groups is 1. The molecule has 4 bridgehead atoms. The van der Waals surface area contributed by atoms with Crippen molar-refractivity contribution in [3.05, 3.63) is 17.7 Å². The number of amides is 1. The maximum atomic E-state index is 12.7. The fraction of sp³-hybridized carbons (Fsp3) is 0.652. The molecule has 0 unspecified atom stereocenters. The van der Waals surface area contributed by atoms with Crippen molar-refractivity contribution >= 4 is 11.6 Å². The number of nitrogens with zero attached hydrogens (tertiary/aromatic N) is 1. The highest BCUT2D eigenvalue weighted by molar-refractivity contribution is 5.96. The average Bonchev–Trinajstić information content (AvgIpc) is 2.69. The first-order valence-electron chi connectivity index (χ1n) is 10.6. The lowest BCUT2D eigenvalue weighted by Gasteiger charge is -2.57. The minimum atomic E-state index is -0.283. The van der Waals surface area contributed by atoms with Gasteiger partial charge in [-0.2, -0.15) is 5.10 Å². The minimum absolute atomic E-state index is 0.283. The molecule has 0 heterocycles. The van der Waals surface area contributed by atoms with Crippen LogP contribution in [0.5, 0.6) is 17.2 Å². The molecule has 1 aromatic rings. The molecular formula is C23H32N2O4.